The van der Waals surface area contributed by atoms with Crippen molar-refractivity contribution in [1.29, 1.82) is 0 Å². The van der Waals surface area contributed by atoms with Crippen LogP contribution >= 0.6 is 0 Å². The van der Waals surface area contributed by atoms with Gasteiger partial charge in [-0.3, -0.25) is 14.4 Å². The molecule has 11 unspecified atom stereocenters. The Hall–Kier alpha value is -2.80. The van der Waals surface area contributed by atoms with Gasteiger partial charge in [-0.05, 0) is 38.8 Å². The highest BCUT2D eigenvalue weighted by Crippen LogP contribution is 2.64. The maximum atomic E-state index is 12.9. The van der Waals surface area contributed by atoms with Crippen molar-refractivity contribution in [3.63, 3.8) is 0 Å². The maximum Gasteiger partial charge on any atom is 0.342 e. The summed E-state index contributed by atoms with van der Waals surface area (Å²) in [5.74, 6) is -4.32. The number of ether oxygens (including phenoxy) is 5. The van der Waals surface area contributed by atoms with Gasteiger partial charge in [0.15, 0.2) is 35.6 Å². The summed E-state index contributed by atoms with van der Waals surface area (Å²) in [7, 11) is 0. The fourth-order valence-corrected chi connectivity index (χ4v) is 6.77. The summed E-state index contributed by atoms with van der Waals surface area (Å²) in [6, 6.07) is 0. The van der Waals surface area contributed by atoms with E-state index in [9.17, 15) is 34.5 Å². The summed E-state index contributed by atoms with van der Waals surface area (Å²) in [5.41, 5.74) is -6.66. The van der Waals surface area contributed by atoms with Gasteiger partial charge in [-0.1, -0.05) is 26.0 Å². The van der Waals surface area contributed by atoms with Gasteiger partial charge in [0.2, 0.25) is 0 Å². The van der Waals surface area contributed by atoms with Crippen molar-refractivity contribution >= 4 is 23.9 Å². The second-order valence-corrected chi connectivity index (χ2v) is 11.7. The molecule has 0 aromatic heterocycles. The van der Waals surface area contributed by atoms with E-state index in [-0.39, 0.29) is 12.0 Å². The first kappa shape index (κ1) is 30.2. The number of esters is 4. The van der Waals surface area contributed by atoms with Gasteiger partial charge in [-0.25, -0.2) is 4.79 Å². The third-order valence-corrected chi connectivity index (χ3v) is 8.79. The zero-order chi connectivity index (χ0) is 30.0. The molecule has 3 N–H and O–H groups in total. The Morgan fingerprint density at radius 1 is 1.05 bits per heavy atom. The van der Waals surface area contributed by atoms with Gasteiger partial charge < -0.3 is 39.0 Å². The van der Waals surface area contributed by atoms with E-state index in [4.69, 9.17) is 23.7 Å². The monoisotopic (exact) mass is 566 g/mol. The Balaban J connectivity index is 2.04. The lowest BCUT2D eigenvalue weighted by molar-refractivity contribution is -0.225. The molecule has 4 rings (SSSR count). The number of epoxide rings is 1. The molecule has 2 aliphatic carbocycles. The molecule has 12 heteroatoms. The Kier molecular flexibility index (Phi) is 7.49. The lowest BCUT2D eigenvalue weighted by Gasteiger charge is -2.55. The number of hydrogen-bond acceptors (Lipinski definition) is 12. The first-order valence-corrected chi connectivity index (χ1v) is 13.4. The van der Waals surface area contributed by atoms with Crippen LogP contribution in [-0.4, -0.2) is 92.6 Å². The minimum absolute atomic E-state index is 0.0394. The van der Waals surface area contributed by atoms with Crippen LogP contribution in [0.25, 0.3) is 0 Å². The third kappa shape index (κ3) is 4.36. The fraction of sp³-hybridized carbons (Fsp3) is 0.714. The van der Waals surface area contributed by atoms with Crippen LogP contribution in [0.5, 0.6) is 0 Å². The lowest BCUT2D eigenvalue weighted by Crippen LogP contribution is -2.68. The molecule has 11 atom stereocenters. The zero-order valence-corrected chi connectivity index (χ0v) is 23.7. The van der Waals surface area contributed by atoms with E-state index in [0.29, 0.717) is 6.42 Å². The van der Waals surface area contributed by atoms with Crippen molar-refractivity contribution in [3.8, 4) is 0 Å². The minimum atomic E-state index is -2.08. The molecule has 2 saturated heterocycles. The summed E-state index contributed by atoms with van der Waals surface area (Å²) in [4.78, 5) is 50.7. The van der Waals surface area contributed by atoms with E-state index in [1.807, 2.05) is 0 Å². The van der Waals surface area contributed by atoms with Crippen LogP contribution in [0, 0.1) is 11.3 Å². The van der Waals surface area contributed by atoms with Crippen molar-refractivity contribution in [2.24, 2.45) is 11.3 Å². The Morgan fingerprint density at radius 3 is 2.23 bits per heavy atom. The van der Waals surface area contributed by atoms with E-state index in [1.165, 1.54) is 32.1 Å². The SMILES string of the molecule is CCCC(=O)OC1C(C)=CC2OC(=O)C3(C)OC23C(O)C2C(C)(O)C(O)C=CC2(C)C(OC(C)=O)C1OC(C)=O. The van der Waals surface area contributed by atoms with Gasteiger partial charge in [-0.15, -0.1) is 0 Å². The minimum Gasteiger partial charge on any atom is -0.457 e. The molecule has 12 nitrogen and oxygen atoms in total. The molecule has 2 heterocycles. The number of hydrogen-bond donors (Lipinski definition) is 3. The number of carbonyl (C=O) groups is 4. The van der Waals surface area contributed by atoms with Crippen molar-refractivity contribution in [1.82, 2.24) is 0 Å². The summed E-state index contributed by atoms with van der Waals surface area (Å²) < 4.78 is 28.8. The highest BCUT2D eigenvalue weighted by atomic mass is 16.7. The molecule has 0 amide bonds. The van der Waals surface area contributed by atoms with Gasteiger partial charge in [0, 0.05) is 31.6 Å². The van der Waals surface area contributed by atoms with Crippen LogP contribution in [0.4, 0.5) is 0 Å². The quantitative estimate of drug-likeness (QED) is 0.183. The molecule has 2 aliphatic heterocycles. The van der Waals surface area contributed by atoms with Gasteiger partial charge in [0.25, 0.3) is 0 Å². The van der Waals surface area contributed by atoms with Gasteiger partial charge in [0.1, 0.15) is 6.10 Å². The first-order valence-electron chi connectivity index (χ1n) is 13.4. The van der Waals surface area contributed by atoms with Crippen molar-refractivity contribution < 1.29 is 58.2 Å². The predicted octanol–water partition coefficient (Wildman–Crippen LogP) is 0.640. The molecule has 222 valence electrons. The summed E-state index contributed by atoms with van der Waals surface area (Å²) >= 11 is 0. The standard InChI is InChI=1S/C28H38O12/c1-8-9-18(32)39-19-13(2)12-17-28(27(7,40-28)24(34)38-17)22(33)21-25(5,11-10-16(31)26(21,6)35)23(37-15(4)30)20(19)36-14(3)29/h10-12,16-17,19-23,31,33,35H,8-9H2,1-7H3. The third-order valence-electron chi connectivity index (χ3n) is 8.79. The molecule has 2 fully saturated rings. The molecule has 1 spiro atoms. The first-order chi connectivity index (χ1) is 18.5. The smallest absolute Gasteiger partial charge is 0.342 e. The van der Waals surface area contributed by atoms with E-state index >= 15 is 0 Å². The zero-order valence-electron chi connectivity index (χ0n) is 23.7. The molecule has 0 radical (unpaired) electrons. The van der Waals surface area contributed by atoms with Crippen LogP contribution < -0.4 is 0 Å². The van der Waals surface area contributed by atoms with E-state index in [0.717, 1.165) is 13.8 Å². The molecule has 0 saturated carbocycles. The molecule has 0 bridgehead atoms. The number of fused-ring (bicyclic) bond motifs is 1. The highest BCUT2D eigenvalue weighted by Gasteiger charge is 2.86. The van der Waals surface area contributed by atoms with Crippen molar-refractivity contribution in [2.75, 3.05) is 0 Å². The molecule has 0 aromatic carbocycles. The Labute approximate surface area is 232 Å². The Bertz CT molecular complexity index is 1160. The van der Waals surface area contributed by atoms with Crippen molar-refractivity contribution in [2.45, 2.75) is 115 Å². The summed E-state index contributed by atoms with van der Waals surface area (Å²) in [6.45, 7) is 9.93. The van der Waals surface area contributed by atoms with Gasteiger partial charge in [0.05, 0.1) is 11.7 Å². The number of carbonyl (C=O) groups excluding carboxylic acids is 4. The average molecular weight is 567 g/mol. The number of aliphatic hydroxyl groups excluding tert-OH is 2. The Morgan fingerprint density at radius 2 is 1.68 bits per heavy atom. The van der Waals surface area contributed by atoms with Crippen molar-refractivity contribution in [3.05, 3.63) is 23.8 Å². The normalized spacial score (nSPS) is 45.6. The molecule has 40 heavy (non-hydrogen) atoms. The number of rotatable bonds is 5. The molecular formula is C28H38O12. The van der Waals surface area contributed by atoms with Crippen LogP contribution in [0.1, 0.15) is 61.3 Å². The van der Waals surface area contributed by atoms with Gasteiger partial charge in [-0.2, -0.15) is 0 Å². The maximum absolute atomic E-state index is 12.9. The predicted molar refractivity (Wildman–Crippen MR) is 135 cm³/mol. The lowest BCUT2D eigenvalue weighted by atomic mass is 9.55. The van der Waals surface area contributed by atoms with E-state index in [2.05, 4.69) is 0 Å². The second-order valence-electron chi connectivity index (χ2n) is 11.7. The summed E-state index contributed by atoms with van der Waals surface area (Å²) in [6.07, 6.45) is -3.91. The fourth-order valence-electron chi connectivity index (χ4n) is 6.77. The topological polar surface area (TPSA) is 178 Å². The summed E-state index contributed by atoms with van der Waals surface area (Å²) in [5, 5.41) is 34.6. The number of aliphatic hydroxyl groups is 3. The van der Waals surface area contributed by atoms with Crippen LogP contribution in [0.15, 0.2) is 23.8 Å². The van der Waals surface area contributed by atoms with Crippen LogP contribution in [0.2, 0.25) is 0 Å². The van der Waals surface area contributed by atoms with Gasteiger partial charge >= 0.3 is 23.9 Å². The molecular weight excluding hydrogens is 528 g/mol. The molecule has 0 aromatic rings. The second kappa shape index (κ2) is 9.93. The van der Waals surface area contributed by atoms with Crippen LogP contribution in [0.3, 0.4) is 0 Å². The highest BCUT2D eigenvalue weighted by molar-refractivity contribution is 5.89. The average Bonchev–Trinajstić information content (AvgIpc) is 3.43. The van der Waals surface area contributed by atoms with E-state index < -0.39 is 88.6 Å². The molecule has 4 aliphatic rings. The van der Waals surface area contributed by atoms with E-state index in [1.54, 1.807) is 20.8 Å². The largest absolute Gasteiger partial charge is 0.457 e. The van der Waals surface area contributed by atoms with Crippen LogP contribution in [-0.2, 0) is 42.9 Å².